The maximum atomic E-state index is 6.56. The number of methoxy groups -OCH3 is 1. The largest absolute Gasteiger partial charge is 0.497 e. The normalized spacial score (nSPS) is 12.0. The number of halogens is 1. The molecule has 0 aliphatic heterocycles. The van der Waals surface area contributed by atoms with Gasteiger partial charge in [0.15, 0.2) is 0 Å². The summed E-state index contributed by atoms with van der Waals surface area (Å²) in [5, 5.41) is 5.33. The van der Waals surface area contributed by atoms with Crippen molar-refractivity contribution >= 4 is 28.2 Å². The molecule has 0 aliphatic rings. The molecule has 0 amide bonds. The van der Waals surface area contributed by atoms with E-state index in [-0.39, 0.29) is 5.92 Å². The number of rotatable bonds is 6. The predicted molar refractivity (Wildman–Crippen MR) is 143 cm³/mol. The molecule has 5 aromatic rings. The van der Waals surface area contributed by atoms with Gasteiger partial charge in [-0.2, -0.15) is 0 Å². The average Bonchev–Trinajstić information content (AvgIpc) is 3.17. The van der Waals surface area contributed by atoms with Crippen molar-refractivity contribution in [1.29, 1.82) is 0 Å². The minimum atomic E-state index is -0.0559. The molecule has 0 saturated heterocycles. The lowest BCUT2D eigenvalue weighted by molar-refractivity contribution is 0.414. The Morgan fingerprint density at radius 3 is 2.26 bits per heavy atom. The lowest BCUT2D eigenvalue weighted by Gasteiger charge is -2.24. The number of benzene rings is 4. The number of hydrogen-bond acceptors (Lipinski definition) is 2. The minimum Gasteiger partial charge on any atom is -0.497 e. The van der Waals surface area contributed by atoms with E-state index in [0.717, 1.165) is 17.0 Å². The first-order valence-corrected chi connectivity index (χ1v) is 11.7. The maximum absolute atomic E-state index is 6.56. The number of aryl methyl sites for hydroxylation is 1. The predicted octanol–water partition coefficient (Wildman–Crippen LogP) is 7.73. The molecule has 0 fully saturated rings. The van der Waals surface area contributed by atoms with Crippen LogP contribution in [0, 0.1) is 0 Å². The number of aromatic nitrogens is 1. The molecular formula is C30H27ClN2O. The number of nitrogens with zero attached hydrogens (tertiary/aromatic N) is 1. The number of para-hydroxylation sites is 1. The Hall–Kier alpha value is -3.69. The third kappa shape index (κ3) is 3.82. The standard InChI is InChI=1S/C30H27ClN2O/c1-32-26-18-15-22(31)19-25(26)29(21-13-16-23(34-3)17-14-21)30-28(20-9-5-4-6-10-20)24-11-7-8-12-27(24)33(30)2/h4-19,29,32H,1-3H3/t29-/m0/s1. The number of fused-ring (bicyclic) bond motifs is 1. The van der Waals surface area contributed by atoms with E-state index in [0.29, 0.717) is 5.02 Å². The lowest BCUT2D eigenvalue weighted by Crippen LogP contribution is -2.12. The highest BCUT2D eigenvalue weighted by molar-refractivity contribution is 6.30. The molecule has 170 valence electrons. The third-order valence-corrected chi connectivity index (χ3v) is 6.77. The molecule has 1 aromatic heterocycles. The summed E-state index contributed by atoms with van der Waals surface area (Å²) in [5.74, 6) is 0.780. The Bertz CT molecular complexity index is 1440. The van der Waals surface area contributed by atoms with Crippen molar-refractivity contribution in [2.45, 2.75) is 5.92 Å². The fourth-order valence-electron chi connectivity index (χ4n) is 4.94. The van der Waals surface area contributed by atoms with Crippen molar-refractivity contribution in [1.82, 2.24) is 4.57 Å². The second-order valence-corrected chi connectivity index (χ2v) is 8.83. The van der Waals surface area contributed by atoms with E-state index in [1.165, 1.54) is 33.3 Å². The van der Waals surface area contributed by atoms with Gasteiger partial charge in [-0.15, -0.1) is 0 Å². The van der Waals surface area contributed by atoms with E-state index >= 15 is 0 Å². The number of nitrogens with one attached hydrogen (secondary N) is 1. The van der Waals surface area contributed by atoms with Crippen LogP contribution in [0.2, 0.25) is 5.02 Å². The molecule has 5 rings (SSSR count). The monoisotopic (exact) mass is 466 g/mol. The molecule has 0 saturated carbocycles. The molecular weight excluding hydrogens is 440 g/mol. The van der Waals surface area contributed by atoms with Crippen molar-refractivity contribution in [3.63, 3.8) is 0 Å². The first kappa shape index (κ1) is 22.1. The topological polar surface area (TPSA) is 26.2 Å². The molecule has 34 heavy (non-hydrogen) atoms. The number of anilines is 1. The number of hydrogen-bond donors (Lipinski definition) is 1. The molecule has 1 N–H and O–H groups in total. The Kier molecular flexibility index (Phi) is 6.04. The van der Waals surface area contributed by atoms with Gasteiger partial charge in [-0.05, 0) is 53.1 Å². The number of ether oxygens (including phenoxy) is 1. The molecule has 1 atom stereocenters. The van der Waals surface area contributed by atoms with E-state index in [2.05, 4.69) is 95.8 Å². The van der Waals surface area contributed by atoms with Gasteiger partial charge in [0.25, 0.3) is 0 Å². The van der Waals surface area contributed by atoms with Gasteiger partial charge >= 0.3 is 0 Å². The first-order chi connectivity index (χ1) is 16.6. The minimum absolute atomic E-state index is 0.0559. The van der Waals surface area contributed by atoms with E-state index in [1.54, 1.807) is 7.11 Å². The molecule has 0 bridgehead atoms. The van der Waals surface area contributed by atoms with Crippen molar-refractivity contribution in [3.05, 3.63) is 119 Å². The Balaban J connectivity index is 1.89. The lowest BCUT2D eigenvalue weighted by atomic mass is 9.84. The van der Waals surface area contributed by atoms with Gasteiger partial charge in [0.05, 0.1) is 13.0 Å². The van der Waals surface area contributed by atoms with Crippen molar-refractivity contribution in [2.75, 3.05) is 19.5 Å². The summed E-state index contributed by atoms with van der Waals surface area (Å²) in [7, 11) is 5.81. The van der Waals surface area contributed by atoms with E-state index in [4.69, 9.17) is 16.3 Å². The summed E-state index contributed by atoms with van der Waals surface area (Å²) in [6.07, 6.45) is 0. The van der Waals surface area contributed by atoms with Gasteiger partial charge in [0.1, 0.15) is 5.75 Å². The molecule has 4 heteroatoms. The highest BCUT2D eigenvalue weighted by Crippen LogP contribution is 2.45. The van der Waals surface area contributed by atoms with Crippen LogP contribution in [0.4, 0.5) is 5.69 Å². The maximum Gasteiger partial charge on any atom is 0.118 e. The Labute approximate surface area is 205 Å². The molecule has 1 heterocycles. The second-order valence-electron chi connectivity index (χ2n) is 8.39. The molecule has 4 aromatic carbocycles. The highest BCUT2D eigenvalue weighted by atomic mass is 35.5. The summed E-state index contributed by atoms with van der Waals surface area (Å²) in [6.45, 7) is 0. The van der Waals surface area contributed by atoms with Crippen LogP contribution in [0.3, 0.4) is 0 Å². The smallest absolute Gasteiger partial charge is 0.118 e. The van der Waals surface area contributed by atoms with Gasteiger partial charge in [-0.3, -0.25) is 0 Å². The van der Waals surface area contributed by atoms with Gasteiger partial charge in [0, 0.05) is 47.0 Å². The Morgan fingerprint density at radius 1 is 0.853 bits per heavy atom. The van der Waals surface area contributed by atoms with Crippen LogP contribution < -0.4 is 10.1 Å². The van der Waals surface area contributed by atoms with Crippen LogP contribution in [0.15, 0.2) is 97.1 Å². The average molecular weight is 467 g/mol. The second kappa shape index (κ2) is 9.28. The van der Waals surface area contributed by atoms with Crippen LogP contribution in [0.5, 0.6) is 5.75 Å². The zero-order valence-corrected chi connectivity index (χ0v) is 20.3. The molecule has 0 unspecified atom stereocenters. The molecule has 3 nitrogen and oxygen atoms in total. The van der Waals surface area contributed by atoms with E-state index in [9.17, 15) is 0 Å². The van der Waals surface area contributed by atoms with Crippen LogP contribution >= 0.6 is 11.6 Å². The van der Waals surface area contributed by atoms with Gasteiger partial charge in [-0.1, -0.05) is 72.3 Å². The molecule has 0 radical (unpaired) electrons. The van der Waals surface area contributed by atoms with Crippen molar-refractivity contribution < 1.29 is 4.74 Å². The quantitative estimate of drug-likeness (QED) is 0.277. The van der Waals surface area contributed by atoms with Crippen LogP contribution in [0.25, 0.3) is 22.0 Å². The fourth-order valence-corrected chi connectivity index (χ4v) is 5.12. The summed E-state index contributed by atoms with van der Waals surface area (Å²) >= 11 is 6.56. The first-order valence-electron chi connectivity index (χ1n) is 11.4. The summed E-state index contributed by atoms with van der Waals surface area (Å²) in [4.78, 5) is 0. The van der Waals surface area contributed by atoms with E-state index < -0.39 is 0 Å². The highest BCUT2D eigenvalue weighted by Gasteiger charge is 2.28. The summed E-state index contributed by atoms with van der Waals surface area (Å²) in [5.41, 5.74) is 8.20. The zero-order valence-electron chi connectivity index (χ0n) is 19.5. The SMILES string of the molecule is CNc1ccc(Cl)cc1[C@H](c1ccc(OC)cc1)c1c(-c2ccccc2)c2ccccc2n1C. The van der Waals surface area contributed by atoms with E-state index in [1.807, 2.05) is 25.2 Å². The molecule has 0 spiro atoms. The van der Waals surface area contributed by atoms with Crippen molar-refractivity contribution in [3.8, 4) is 16.9 Å². The van der Waals surface area contributed by atoms with Crippen LogP contribution in [-0.4, -0.2) is 18.7 Å². The molecule has 0 aliphatic carbocycles. The zero-order chi connectivity index (χ0) is 23.7. The van der Waals surface area contributed by atoms with Crippen molar-refractivity contribution in [2.24, 2.45) is 7.05 Å². The fraction of sp³-hybridized carbons (Fsp3) is 0.133. The van der Waals surface area contributed by atoms with Crippen LogP contribution in [0.1, 0.15) is 22.7 Å². The summed E-state index contributed by atoms with van der Waals surface area (Å²) in [6, 6.07) is 33.7. The third-order valence-electron chi connectivity index (χ3n) is 6.53. The Morgan fingerprint density at radius 2 is 1.56 bits per heavy atom. The summed E-state index contributed by atoms with van der Waals surface area (Å²) < 4.78 is 7.78. The van der Waals surface area contributed by atoms with Gasteiger partial charge < -0.3 is 14.6 Å². The van der Waals surface area contributed by atoms with Crippen LogP contribution in [-0.2, 0) is 7.05 Å². The van der Waals surface area contributed by atoms with Gasteiger partial charge in [0.2, 0.25) is 0 Å². The van der Waals surface area contributed by atoms with Gasteiger partial charge in [-0.25, -0.2) is 0 Å².